The molecule has 3 heteroatoms. The number of carbonyl (C=O) groups is 1. The van der Waals surface area contributed by atoms with Crippen LogP contribution in [0.2, 0.25) is 0 Å². The van der Waals surface area contributed by atoms with Gasteiger partial charge < -0.3 is 10.5 Å². The summed E-state index contributed by atoms with van der Waals surface area (Å²) in [6.07, 6.45) is 0.378. The lowest BCUT2D eigenvalue weighted by atomic mass is 10.1. The van der Waals surface area contributed by atoms with Gasteiger partial charge in [-0.2, -0.15) is 0 Å². The predicted octanol–water partition coefficient (Wildman–Crippen LogP) is 1.77. The molecular formula is C7H14NO2-. The van der Waals surface area contributed by atoms with Crippen LogP contribution in [0, 0.1) is 0 Å². The molecule has 0 heterocycles. The molecule has 0 aromatic heterocycles. The van der Waals surface area contributed by atoms with Gasteiger partial charge in [0, 0.05) is 6.42 Å². The first-order chi connectivity index (χ1) is 4.52. The maximum Gasteiger partial charge on any atom is 0.305 e. The van der Waals surface area contributed by atoms with Gasteiger partial charge in [0.2, 0.25) is 0 Å². The summed E-state index contributed by atoms with van der Waals surface area (Å²) in [6.45, 7) is 5.31. The second kappa shape index (κ2) is 3.56. The van der Waals surface area contributed by atoms with Crippen LogP contribution in [0.1, 0.15) is 27.2 Å². The molecule has 0 aliphatic carbocycles. The van der Waals surface area contributed by atoms with Crippen molar-refractivity contribution in [3.63, 3.8) is 0 Å². The zero-order chi connectivity index (χ0) is 8.20. The molecule has 0 radical (unpaired) electrons. The van der Waals surface area contributed by atoms with Crippen molar-refractivity contribution >= 4 is 5.97 Å². The van der Waals surface area contributed by atoms with Crippen molar-refractivity contribution in [1.29, 1.82) is 0 Å². The second-order valence-corrected chi connectivity index (χ2v) is 2.76. The molecule has 0 aromatic carbocycles. The Bertz CT molecular complexity index is 121. The molecule has 0 rings (SSSR count). The highest BCUT2D eigenvalue weighted by Gasteiger charge is 2.15. The van der Waals surface area contributed by atoms with Gasteiger partial charge in [-0.25, -0.2) is 0 Å². The van der Waals surface area contributed by atoms with Gasteiger partial charge >= 0.3 is 5.97 Å². The van der Waals surface area contributed by atoms with Crippen molar-refractivity contribution in [2.24, 2.45) is 0 Å². The van der Waals surface area contributed by atoms with Gasteiger partial charge in [0.1, 0.15) is 0 Å². The first kappa shape index (κ1) is 9.43. The van der Waals surface area contributed by atoms with Crippen LogP contribution >= 0.6 is 0 Å². The van der Waals surface area contributed by atoms with E-state index in [1.807, 2.05) is 0 Å². The van der Waals surface area contributed by atoms with E-state index in [-0.39, 0.29) is 12.5 Å². The maximum absolute atomic E-state index is 10.7. The number of carbonyl (C=O) groups excluding carboxylic acids is 1. The number of ether oxygens (including phenoxy) is 1. The van der Waals surface area contributed by atoms with E-state index in [1.165, 1.54) is 0 Å². The summed E-state index contributed by atoms with van der Waals surface area (Å²) in [7, 11) is 0. The van der Waals surface area contributed by atoms with Crippen LogP contribution in [0.5, 0.6) is 0 Å². The monoisotopic (exact) mass is 144 g/mol. The molecule has 0 aliphatic rings. The van der Waals surface area contributed by atoms with Crippen molar-refractivity contribution in [3.8, 4) is 0 Å². The fraction of sp³-hybridized carbons (Fsp3) is 0.857. The van der Waals surface area contributed by atoms with Crippen LogP contribution in [0.3, 0.4) is 0 Å². The molecule has 0 bridgehead atoms. The molecule has 0 atom stereocenters. The summed E-state index contributed by atoms with van der Waals surface area (Å²) in [5.41, 5.74) is 6.38. The predicted molar refractivity (Wildman–Crippen MR) is 39.7 cm³/mol. The summed E-state index contributed by atoms with van der Waals surface area (Å²) < 4.78 is 4.91. The molecule has 0 aliphatic heterocycles. The van der Waals surface area contributed by atoms with Gasteiger partial charge in [-0.15, -0.1) is 6.54 Å². The summed E-state index contributed by atoms with van der Waals surface area (Å²) in [5, 5.41) is 0. The SMILES string of the molecule is CCC(=O)OC(C)(C)C[NH-]. The van der Waals surface area contributed by atoms with Crippen LogP contribution < -0.4 is 0 Å². The van der Waals surface area contributed by atoms with E-state index in [9.17, 15) is 4.79 Å². The topological polar surface area (TPSA) is 50.1 Å². The van der Waals surface area contributed by atoms with Gasteiger partial charge in [0.15, 0.2) is 0 Å². The van der Waals surface area contributed by atoms with Crippen LogP contribution in [0.15, 0.2) is 0 Å². The normalized spacial score (nSPS) is 11.2. The van der Waals surface area contributed by atoms with Crippen molar-refractivity contribution < 1.29 is 9.53 Å². The van der Waals surface area contributed by atoms with Gasteiger partial charge in [-0.1, -0.05) is 6.92 Å². The van der Waals surface area contributed by atoms with Crippen molar-refractivity contribution in [2.75, 3.05) is 6.54 Å². The highest BCUT2D eigenvalue weighted by Crippen LogP contribution is 2.09. The number of hydrogen-bond acceptors (Lipinski definition) is 2. The molecule has 0 amide bonds. The molecule has 0 aromatic rings. The number of esters is 1. The number of nitrogens with one attached hydrogen (secondary N) is 1. The van der Waals surface area contributed by atoms with E-state index < -0.39 is 5.60 Å². The summed E-state index contributed by atoms with van der Waals surface area (Å²) in [4.78, 5) is 10.7. The Morgan fingerprint density at radius 3 is 2.40 bits per heavy atom. The minimum absolute atomic E-state index is 0.110. The summed E-state index contributed by atoms with van der Waals surface area (Å²) in [5.74, 6) is -0.239. The first-order valence-corrected chi connectivity index (χ1v) is 3.38. The summed E-state index contributed by atoms with van der Waals surface area (Å²) in [6, 6.07) is 0. The first-order valence-electron chi connectivity index (χ1n) is 3.38. The maximum atomic E-state index is 10.7. The highest BCUT2D eigenvalue weighted by atomic mass is 16.6. The fourth-order valence-corrected chi connectivity index (χ4v) is 0.416. The van der Waals surface area contributed by atoms with E-state index >= 15 is 0 Å². The Morgan fingerprint density at radius 2 is 2.10 bits per heavy atom. The largest absolute Gasteiger partial charge is 0.674 e. The zero-order valence-electron chi connectivity index (χ0n) is 6.73. The molecular weight excluding hydrogens is 130 g/mol. The van der Waals surface area contributed by atoms with E-state index in [0.29, 0.717) is 6.42 Å². The molecule has 60 valence electrons. The third-order valence-corrected chi connectivity index (χ3v) is 1.10. The Morgan fingerprint density at radius 1 is 1.60 bits per heavy atom. The number of rotatable bonds is 3. The quantitative estimate of drug-likeness (QED) is 0.567. The lowest BCUT2D eigenvalue weighted by molar-refractivity contribution is -0.154. The third kappa shape index (κ3) is 3.45. The van der Waals surface area contributed by atoms with E-state index in [4.69, 9.17) is 10.5 Å². The molecule has 1 N–H and O–H groups in total. The fourth-order valence-electron chi connectivity index (χ4n) is 0.416. The lowest BCUT2D eigenvalue weighted by Gasteiger charge is -2.26. The van der Waals surface area contributed by atoms with Gasteiger partial charge in [0.05, 0.1) is 5.60 Å². The van der Waals surface area contributed by atoms with Gasteiger partial charge in [-0.3, -0.25) is 4.79 Å². The van der Waals surface area contributed by atoms with E-state index in [2.05, 4.69) is 0 Å². The molecule has 0 fully saturated rings. The van der Waals surface area contributed by atoms with E-state index in [1.54, 1.807) is 20.8 Å². The molecule has 0 saturated heterocycles. The molecule has 0 spiro atoms. The standard InChI is InChI=1S/C7H14NO2/c1-4-6(9)10-7(2,3)5-8/h8H,4-5H2,1-3H3/q-1. The van der Waals surface area contributed by atoms with Crippen LogP contribution in [0.4, 0.5) is 0 Å². The van der Waals surface area contributed by atoms with Crippen LogP contribution in [-0.4, -0.2) is 18.1 Å². The van der Waals surface area contributed by atoms with Gasteiger partial charge in [0.25, 0.3) is 0 Å². The molecule has 0 saturated carbocycles. The van der Waals surface area contributed by atoms with Crippen LogP contribution in [-0.2, 0) is 9.53 Å². The van der Waals surface area contributed by atoms with Crippen molar-refractivity contribution in [2.45, 2.75) is 32.8 Å². The average molecular weight is 144 g/mol. The Labute approximate surface area is 61.5 Å². The average Bonchev–Trinajstić information content (AvgIpc) is 1.87. The Hall–Kier alpha value is -0.570. The lowest BCUT2D eigenvalue weighted by Crippen LogP contribution is -2.30. The molecule has 3 nitrogen and oxygen atoms in total. The zero-order valence-corrected chi connectivity index (χ0v) is 6.73. The Balaban J connectivity index is 3.76. The second-order valence-electron chi connectivity index (χ2n) is 2.76. The number of hydrogen-bond donors (Lipinski definition) is 0. The van der Waals surface area contributed by atoms with E-state index in [0.717, 1.165) is 0 Å². The highest BCUT2D eigenvalue weighted by molar-refractivity contribution is 5.69. The van der Waals surface area contributed by atoms with Crippen LogP contribution in [0.25, 0.3) is 5.73 Å². The third-order valence-electron chi connectivity index (χ3n) is 1.10. The van der Waals surface area contributed by atoms with Gasteiger partial charge in [-0.05, 0) is 13.8 Å². The van der Waals surface area contributed by atoms with Crippen molar-refractivity contribution in [3.05, 3.63) is 5.73 Å². The minimum atomic E-state index is -0.618. The van der Waals surface area contributed by atoms with Crippen molar-refractivity contribution in [1.82, 2.24) is 0 Å². The molecule has 10 heavy (non-hydrogen) atoms. The summed E-state index contributed by atoms with van der Waals surface area (Å²) >= 11 is 0. The smallest absolute Gasteiger partial charge is 0.305 e. The minimum Gasteiger partial charge on any atom is -0.674 e. The molecule has 0 unspecified atom stereocenters. The Kier molecular flexibility index (Phi) is 3.36.